The standard InChI is InChI=1S/C11H18N2O8.Fe.K/c14-8(15)4-12(5-9(16)17)2-1-3-13(6-10(18)19)7-11(20)21;;/h1-7H2,(H,14,15)(H,16,17)(H,18,19)(H,20,21);;/q;+5;+1. The van der Waals surface area contributed by atoms with Crippen LogP contribution in [0.15, 0.2) is 0 Å². The van der Waals surface area contributed by atoms with E-state index < -0.39 is 50.1 Å². The van der Waals surface area contributed by atoms with E-state index in [0.29, 0.717) is 0 Å². The summed E-state index contributed by atoms with van der Waals surface area (Å²) in [6.45, 7) is -1.61. The third kappa shape index (κ3) is 18.1. The predicted octanol–water partition coefficient (Wildman–Crippen LogP) is -4.68. The Balaban J connectivity index is -0.00000200. The van der Waals surface area contributed by atoms with E-state index in [4.69, 9.17) is 20.4 Å². The van der Waals surface area contributed by atoms with Crippen molar-refractivity contribution in [2.45, 2.75) is 6.42 Å². The zero-order valence-electron chi connectivity index (χ0n) is 12.6. The quantitative estimate of drug-likeness (QED) is 0.235. The Kier molecular flexibility index (Phi) is 18.7. The van der Waals surface area contributed by atoms with Crippen molar-refractivity contribution in [2.24, 2.45) is 0 Å². The molecule has 0 aliphatic carbocycles. The van der Waals surface area contributed by atoms with Gasteiger partial charge in [0.1, 0.15) is 0 Å². The third-order valence-electron chi connectivity index (χ3n) is 2.38. The summed E-state index contributed by atoms with van der Waals surface area (Å²) >= 11 is 0. The Labute approximate surface area is 185 Å². The second kappa shape index (κ2) is 15.5. The summed E-state index contributed by atoms with van der Waals surface area (Å²) in [5, 5.41) is 34.6. The van der Waals surface area contributed by atoms with Crippen molar-refractivity contribution in [3.63, 3.8) is 0 Å². The van der Waals surface area contributed by atoms with Crippen molar-refractivity contribution in [3.8, 4) is 0 Å². The van der Waals surface area contributed by atoms with Gasteiger partial charge < -0.3 is 20.4 Å². The van der Waals surface area contributed by atoms with E-state index in [0.717, 1.165) is 0 Å². The van der Waals surface area contributed by atoms with Gasteiger partial charge in [-0.2, -0.15) is 0 Å². The first-order valence-corrected chi connectivity index (χ1v) is 6.02. The topological polar surface area (TPSA) is 156 Å². The Bertz CT molecular complexity index is 341. The van der Waals surface area contributed by atoms with Crippen LogP contribution < -0.4 is 51.4 Å². The van der Waals surface area contributed by atoms with Crippen LogP contribution in [-0.4, -0.2) is 93.4 Å². The maximum atomic E-state index is 10.6. The van der Waals surface area contributed by atoms with Crippen LogP contribution in [0.4, 0.5) is 0 Å². The van der Waals surface area contributed by atoms with Crippen LogP contribution in [0.1, 0.15) is 6.42 Å². The smallest absolute Gasteiger partial charge is 0.480 e. The molecule has 0 saturated heterocycles. The summed E-state index contributed by atoms with van der Waals surface area (Å²) < 4.78 is 0. The summed E-state index contributed by atoms with van der Waals surface area (Å²) in [6.07, 6.45) is 0.251. The molecule has 0 saturated carbocycles. The molecule has 0 amide bonds. The Morgan fingerprint density at radius 1 is 0.609 bits per heavy atom. The second-order valence-electron chi connectivity index (χ2n) is 4.35. The molecule has 0 aliphatic heterocycles. The minimum Gasteiger partial charge on any atom is -0.480 e. The van der Waals surface area contributed by atoms with Gasteiger partial charge in [-0.1, -0.05) is 0 Å². The van der Waals surface area contributed by atoms with Gasteiger partial charge in [0.15, 0.2) is 0 Å². The predicted molar refractivity (Wildman–Crippen MR) is 68.0 cm³/mol. The molecule has 0 heterocycles. The number of hydrogen-bond donors (Lipinski definition) is 4. The molecular weight excluding hydrogens is 383 g/mol. The number of carboxylic acid groups (broad SMARTS) is 4. The Hall–Kier alpha value is -0.0442. The van der Waals surface area contributed by atoms with Crippen LogP contribution in [-0.2, 0) is 36.2 Å². The van der Waals surface area contributed by atoms with Crippen molar-refractivity contribution in [2.75, 3.05) is 39.3 Å². The Morgan fingerprint density at radius 3 is 1.00 bits per heavy atom. The fourth-order valence-electron chi connectivity index (χ4n) is 1.71. The molecule has 23 heavy (non-hydrogen) atoms. The summed E-state index contributed by atoms with van der Waals surface area (Å²) in [4.78, 5) is 44.7. The number of aliphatic carboxylic acids is 4. The maximum Gasteiger partial charge on any atom is 5.00 e. The van der Waals surface area contributed by atoms with Gasteiger partial charge in [0.2, 0.25) is 0 Å². The molecule has 0 atom stereocenters. The fourth-order valence-corrected chi connectivity index (χ4v) is 1.71. The molecule has 0 aliphatic rings. The molecule has 4 N–H and O–H groups in total. The molecule has 0 aromatic carbocycles. The van der Waals surface area contributed by atoms with Crippen molar-refractivity contribution in [3.05, 3.63) is 0 Å². The molecule has 0 fully saturated rings. The molecule has 1 radical (unpaired) electrons. The molecular formula is C11H18FeKN2O8+6. The fraction of sp³-hybridized carbons (Fsp3) is 0.636. The number of rotatable bonds is 12. The van der Waals surface area contributed by atoms with Crippen molar-refractivity contribution in [1.82, 2.24) is 9.80 Å². The largest absolute Gasteiger partial charge is 5.00 e. The van der Waals surface area contributed by atoms with Gasteiger partial charge in [-0.3, -0.25) is 29.0 Å². The number of nitrogens with zero attached hydrogens (tertiary/aromatic N) is 2. The molecule has 0 aromatic rings. The summed E-state index contributed by atoms with van der Waals surface area (Å²) in [7, 11) is 0. The van der Waals surface area contributed by atoms with E-state index in [9.17, 15) is 19.2 Å². The number of carboxylic acids is 4. The minimum atomic E-state index is -1.18. The van der Waals surface area contributed by atoms with Crippen molar-refractivity contribution < 1.29 is 108 Å². The van der Waals surface area contributed by atoms with E-state index in [1.807, 2.05) is 0 Å². The first-order chi connectivity index (χ1) is 9.70. The van der Waals surface area contributed by atoms with Gasteiger partial charge in [-0.05, 0) is 6.42 Å². The van der Waals surface area contributed by atoms with E-state index in [-0.39, 0.29) is 88.0 Å². The Morgan fingerprint density at radius 2 is 0.826 bits per heavy atom. The average Bonchev–Trinajstić information content (AvgIpc) is 2.24. The van der Waals surface area contributed by atoms with E-state index in [1.54, 1.807) is 0 Å². The second-order valence-corrected chi connectivity index (χ2v) is 4.35. The van der Waals surface area contributed by atoms with E-state index in [1.165, 1.54) is 9.80 Å². The molecule has 0 rings (SSSR count). The first-order valence-electron chi connectivity index (χ1n) is 6.02. The van der Waals surface area contributed by atoms with E-state index in [2.05, 4.69) is 0 Å². The molecule has 123 valence electrons. The monoisotopic (exact) mass is 401 g/mol. The summed E-state index contributed by atoms with van der Waals surface area (Å²) in [5.74, 6) is -4.71. The van der Waals surface area contributed by atoms with Gasteiger partial charge in [-0.25, -0.2) is 0 Å². The van der Waals surface area contributed by atoms with Crippen molar-refractivity contribution in [1.29, 1.82) is 0 Å². The summed E-state index contributed by atoms with van der Waals surface area (Å²) in [5.41, 5.74) is 0. The van der Waals surface area contributed by atoms with Gasteiger partial charge in [0.25, 0.3) is 0 Å². The van der Waals surface area contributed by atoms with Crippen LogP contribution in [0.3, 0.4) is 0 Å². The first kappa shape index (κ1) is 27.8. The number of carbonyl (C=O) groups is 4. The van der Waals surface area contributed by atoms with Gasteiger partial charge in [-0.15, -0.1) is 0 Å². The molecule has 12 heteroatoms. The zero-order valence-corrected chi connectivity index (χ0v) is 16.8. The SMILES string of the molecule is O=C(O)CN(CCCN(CC(=O)O)CC(=O)O)CC(=O)O.[Fe+5].[K+]. The van der Waals surface area contributed by atoms with Crippen molar-refractivity contribution >= 4 is 23.9 Å². The summed E-state index contributed by atoms with van der Waals surface area (Å²) in [6, 6.07) is 0. The van der Waals surface area contributed by atoms with Gasteiger partial charge in [0.05, 0.1) is 26.2 Å². The number of hydrogen-bond acceptors (Lipinski definition) is 6. The zero-order chi connectivity index (χ0) is 16.4. The van der Waals surface area contributed by atoms with Crippen LogP contribution in [0.5, 0.6) is 0 Å². The van der Waals surface area contributed by atoms with Crippen LogP contribution in [0.25, 0.3) is 0 Å². The minimum absolute atomic E-state index is 0. The van der Waals surface area contributed by atoms with Crippen LogP contribution >= 0.6 is 0 Å². The molecule has 0 unspecified atom stereocenters. The van der Waals surface area contributed by atoms with Gasteiger partial charge in [0, 0.05) is 13.1 Å². The molecule has 10 nitrogen and oxygen atoms in total. The van der Waals surface area contributed by atoms with E-state index >= 15 is 0 Å². The average molecular weight is 401 g/mol. The molecule has 0 spiro atoms. The van der Waals surface area contributed by atoms with Crippen LogP contribution in [0, 0.1) is 0 Å². The third-order valence-corrected chi connectivity index (χ3v) is 2.38. The molecule has 0 bridgehead atoms. The normalized spacial score (nSPS) is 9.83. The maximum absolute atomic E-state index is 10.6. The van der Waals surface area contributed by atoms with Gasteiger partial charge >= 0.3 is 92.3 Å². The van der Waals surface area contributed by atoms with Crippen LogP contribution in [0.2, 0.25) is 0 Å². The molecule has 0 aromatic heterocycles.